The summed E-state index contributed by atoms with van der Waals surface area (Å²) in [5, 5.41) is 4.90. The zero-order valence-corrected chi connectivity index (χ0v) is 20.7. The minimum atomic E-state index is -0.432. The molecule has 0 spiro atoms. The topological polar surface area (TPSA) is 73.1 Å². The maximum atomic E-state index is 12.3. The van der Waals surface area contributed by atoms with Crippen molar-refractivity contribution in [2.24, 2.45) is 5.10 Å². The van der Waals surface area contributed by atoms with Gasteiger partial charge in [-0.2, -0.15) is 5.10 Å². The van der Waals surface area contributed by atoms with Crippen molar-refractivity contribution in [1.82, 2.24) is 5.43 Å². The first-order valence-corrected chi connectivity index (χ1v) is 11.5. The molecular formula is C24H18BrIN2O4. The van der Waals surface area contributed by atoms with Crippen LogP contribution in [0.3, 0.4) is 0 Å². The van der Waals surface area contributed by atoms with E-state index in [0.29, 0.717) is 29.3 Å². The third-order valence-electron chi connectivity index (χ3n) is 4.61. The maximum Gasteiger partial charge on any atom is 0.307 e. The third-order valence-corrected chi connectivity index (χ3v) is 6.02. The Bertz CT molecular complexity index is 1250. The molecule has 32 heavy (non-hydrogen) atoms. The first kappa shape index (κ1) is 22.3. The van der Waals surface area contributed by atoms with Crippen LogP contribution in [0.1, 0.15) is 21.7 Å². The molecule has 3 aromatic carbocycles. The van der Waals surface area contributed by atoms with Gasteiger partial charge in [0.25, 0.3) is 0 Å². The van der Waals surface area contributed by atoms with Gasteiger partial charge in [0.2, 0.25) is 0 Å². The molecular weight excluding hydrogens is 587 g/mol. The van der Waals surface area contributed by atoms with Gasteiger partial charge in [0.1, 0.15) is 12.2 Å². The fourth-order valence-electron chi connectivity index (χ4n) is 2.97. The highest BCUT2D eigenvalue weighted by atomic mass is 127. The number of halogens is 2. The van der Waals surface area contributed by atoms with Gasteiger partial charge in [-0.3, -0.25) is 4.79 Å². The third kappa shape index (κ3) is 5.31. The molecule has 162 valence electrons. The highest BCUT2D eigenvalue weighted by molar-refractivity contribution is 14.1. The standard InChI is InChI=1S/C24H18BrIN2O4/c1-30-21-11-17(19(25)12-22(21)31-14-15-6-8-18(26)9-7-15)13-27-28-24(29)23-10-16-4-2-3-5-20(16)32-23/h2-13H,14H2,1H3,(H,28,29)/b27-13+. The lowest BCUT2D eigenvalue weighted by atomic mass is 10.2. The first-order chi connectivity index (χ1) is 15.5. The van der Waals surface area contributed by atoms with Crippen LogP contribution in [0.2, 0.25) is 0 Å². The highest BCUT2D eigenvalue weighted by Gasteiger charge is 2.12. The van der Waals surface area contributed by atoms with Gasteiger partial charge in [0, 0.05) is 19.0 Å². The number of nitrogens with zero attached hydrogens (tertiary/aromatic N) is 1. The second kappa shape index (κ2) is 10.2. The van der Waals surface area contributed by atoms with Gasteiger partial charge in [-0.1, -0.05) is 30.3 Å². The van der Waals surface area contributed by atoms with Crippen molar-refractivity contribution >= 4 is 61.6 Å². The number of amides is 1. The average molecular weight is 605 g/mol. The molecule has 0 atom stereocenters. The molecule has 1 aromatic heterocycles. The Hall–Kier alpha value is -2.85. The van der Waals surface area contributed by atoms with E-state index < -0.39 is 5.91 Å². The fourth-order valence-corrected chi connectivity index (χ4v) is 3.76. The molecule has 0 saturated heterocycles. The SMILES string of the molecule is COc1cc(/C=N/NC(=O)c2cc3ccccc3o2)c(Br)cc1OCc1ccc(I)cc1. The van der Waals surface area contributed by atoms with E-state index >= 15 is 0 Å². The molecule has 4 aromatic rings. The molecule has 1 N–H and O–H groups in total. The Morgan fingerprint density at radius 2 is 1.91 bits per heavy atom. The van der Waals surface area contributed by atoms with Crippen molar-refractivity contribution in [2.45, 2.75) is 6.61 Å². The van der Waals surface area contributed by atoms with Crippen LogP contribution >= 0.6 is 38.5 Å². The summed E-state index contributed by atoms with van der Waals surface area (Å²) >= 11 is 5.79. The number of ether oxygens (including phenoxy) is 2. The molecule has 6 nitrogen and oxygen atoms in total. The van der Waals surface area contributed by atoms with Crippen molar-refractivity contribution < 1.29 is 18.7 Å². The van der Waals surface area contributed by atoms with Crippen LogP contribution in [0.15, 0.2) is 80.7 Å². The zero-order valence-electron chi connectivity index (χ0n) is 17.0. The number of hydrogen-bond acceptors (Lipinski definition) is 5. The lowest BCUT2D eigenvalue weighted by molar-refractivity contribution is 0.0929. The Morgan fingerprint density at radius 3 is 2.66 bits per heavy atom. The number of furan rings is 1. The number of rotatable bonds is 7. The summed E-state index contributed by atoms with van der Waals surface area (Å²) in [7, 11) is 1.57. The number of hydrazone groups is 1. The van der Waals surface area contributed by atoms with E-state index in [1.807, 2.05) is 48.5 Å². The van der Waals surface area contributed by atoms with Gasteiger partial charge in [-0.15, -0.1) is 0 Å². The summed E-state index contributed by atoms with van der Waals surface area (Å²) in [6, 6.07) is 20.8. The molecule has 0 saturated carbocycles. The predicted molar refractivity (Wildman–Crippen MR) is 135 cm³/mol. The van der Waals surface area contributed by atoms with E-state index in [4.69, 9.17) is 13.9 Å². The minimum absolute atomic E-state index is 0.194. The smallest absolute Gasteiger partial charge is 0.307 e. The number of benzene rings is 3. The lowest BCUT2D eigenvalue weighted by Gasteiger charge is -2.13. The van der Waals surface area contributed by atoms with Gasteiger partial charge in [-0.25, -0.2) is 5.43 Å². The molecule has 8 heteroatoms. The summed E-state index contributed by atoms with van der Waals surface area (Å²) in [5.41, 5.74) is 4.90. The number of methoxy groups -OCH3 is 1. The van der Waals surface area contributed by atoms with Crippen molar-refractivity contribution in [3.8, 4) is 11.5 Å². The number of carbonyl (C=O) groups excluding carboxylic acids is 1. The molecule has 0 aliphatic rings. The molecule has 0 unspecified atom stereocenters. The van der Waals surface area contributed by atoms with E-state index in [2.05, 4.69) is 49.0 Å². The molecule has 0 bridgehead atoms. The number of carbonyl (C=O) groups is 1. The molecule has 1 heterocycles. The van der Waals surface area contributed by atoms with E-state index in [1.165, 1.54) is 9.78 Å². The van der Waals surface area contributed by atoms with Gasteiger partial charge < -0.3 is 13.9 Å². The van der Waals surface area contributed by atoms with Crippen molar-refractivity contribution in [1.29, 1.82) is 0 Å². The van der Waals surface area contributed by atoms with E-state index in [0.717, 1.165) is 15.4 Å². The minimum Gasteiger partial charge on any atom is -0.493 e. The van der Waals surface area contributed by atoms with Crippen LogP contribution in [-0.4, -0.2) is 19.2 Å². The second-order valence-corrected chi connectivity index (χ2v) is 8.89. The lowest BCUT2D eigenvalue weighted by Crippen LogP contribution is -2.16. The van der Waals surface area contributed by atoms with Crippen LogP contribution in [-0.2, 0) is 6.61 Å². The molecule has 0 aliphatic carbocycles. The molecule has 0 radical (unpaired) electrons. The summed E-state index contributed by atoms with van der Waals surface area (Å²) in [6.45, 7) is 0.417. The van der Waals surface area contributed by atoms with Crippen LogP contribution < -0.4 is 14.9 Å². The predicted octanol–water partition coefficient (Wildman–Crippen LogP) is 6.15. The molecule has 0 aliphatic heterocycles. The van der Waals surface area contributed by atoms with Crippen LogP contribution in [0.25, 0.3) is 11.0 Å². The van der Waals surface area contributed by atoms with Gasteiger partial charge in [0.05, 0.1) is 13.3 Å². The van der Waals surface area contributed by atoms with E-state index in [9.17, 15) is 4.79 Å². The number of fused-ring (bicyclic) bond motifs is 1. The number of para-hydroxylation sites is 1. The van der Waals surface area contributed by atoms with Gasteiger partial charge in [-0.05, 0) is 80.5 Å². The van der Waals surface area contributed by atoms with Gasteiger partial charge in [0.15, 0.2) is 17.3 Å². The first-order valence-electron chi connectivity index (χ1n) is 9.60. The van der Waals surface area contributed by atoms with Crippen LogP contribution in [0, 0.1) is 3.57 Å². The highest BCUT2D eigenvalue weighted by Crippen LogP contribution is 2.33. The number of nitrogens with one attached hydrogen (secondary N) is 1. The van der Waals surface area contributed by atoms with E-state index in [-0.39, 0.29) is 5.76 Å². The van der Waals surface area contributed by atoms with Gasteiger partial charge >= 0.3 is 5.91 Å². The zero-order chi connectivity index (χ0) is 22.5. The Morgan fingerprint density at radius 1 is 1.12 bits per heavy atom. The van der Waals surface area contributed by atoms with Crippen molar-refractivity contribution in [2.75, 3.05) is 7.11 Å². The largest absolute Gasteiger partial charge is 0.493 e. The maximum absolute atomic E-state index is 12.3. The summed E-state index contributed by atoms with van der Waals surface area (Å²) in [6.07, 6.45) is 1.52. The van der Waals surface area contributed by atoms with Crippen molar-refractivity contribution in [3.63, 3.8) is 0 Å². The monoisotopic (exact) mass is 604 g/mol. The Balaban J connectivity index is 1.44. The fraction of sp³-hybridized carbons (Fsp3) is 0.0833. The summed E-state index contributed by atoms with van der Waals surface area (Å²) in [5.74, 6) is 0.919. The average Bonchev–Trinajstić information content (AvgIpc) is 3.24. The van der Waals surface area contributed by atoms with Crippen LogP contribution in [0.5, 0.6) is 11.5 Å². The van der Waals surface area contributed by atoms with Crippen LogP contribution in [0.4, 0.5) is 0 Å². The van der Waals surface area contributed by atoms with Crippen molar-refractivity contribution in [3.05, 3.63) is 91.7 Å². The second-order valence-electron chi connectivity index (χ2n) is 6.79. The summed E-state index contributed by atoms with van der Waals surface area (Å²) < 4.78 is 18.9. The van der Waals surface area contributed by atoms with E-state index in [1.54, 1.807) is 25.3 Å². The Kier molecular flexibility index (Phi) is 7.11. The molecule has 0 fully saturated rings. The number of hydrogen-bond donors (Lipinski definition) is 1. The summed E-state index contributed by atoms with van der Waals surface area (Å²) in [4.78, 5) is 12.3. The normalized spacial score (nSPS) is 11.1. The quantitative estimate of drug-likeness (QED) is 0.156. The molecule has 4 rings (SSSR count). The Labute approximate surface area is 206 Å². The molecule has 1 amide bonds.